The highest BCUT2D eigenvalue weighted by Gasteiger charge is 2.28. The number of ether oxygens (including phenoxy) is 1. The van der Waals surface area contributed by atoms with Crippen molar-refractivity contribution >= 4 is 19.9 Å². The Labute approximate surface area is 187 Å². The second-order valence-corrected chi connectivity index (χ2v) is 10.2. The molecule has 1 aliphatic carbocycles. The number of hydrogen-bond donors (Lipinski definition) is 1. The molecule has 0 aliphatic heterocycles. The zero-order valence-corrected chi connectivity index (χ0v) is 20.1. The Morgan fingerprint density at radius 3 is 2.42 bits per heavy atom. The molecule has 0 spiro atoms. The van der Waals surface area contributed by atoms with E-state index in [1.807, 2.05) is 44.2 Å². The van der Waals surface area contributed by atoms with E-state index in [9.17, 15) is 14.2 Å². The molecule has 1 fully saturated rings. The fourth-order valence-corrected chi connectivity index (χ4v) is 5.71. The molecule has 174 valence electrons. The minimum atomic E-state index is -2.51. The number of nitrogens with one attached hydrogen (secondary N) is 1. The highest BCUT2D eigenvalue weighted by atomic mass is 31.1. The average Bonchev–Trinajstić information content (AvgIpc) is 2.76. The van der Waals surface area contributed by atoms with Gasteiger partial charge in [-0.25, -0.2) is 0 Å². The Hall–Kier alpha value is -1.65. The van der Waals surface area contributed by atoms with Gasteiger partial charge in [0.05, 0.1) is 13.0 Å². The molecule has 0 saturated heterocycles. The van der Waals surface area contributed by atoms with E-state index in [-0.39, 0.29) is 24.0 Å². The van der Waals surface area contributed by atoms with Crippen molar-refractivity contribution in [1.82, 2.24) is 5.32 Å². The zero-order valence-electron chi connectivity index (χ0n) is 19.1. The number of carbonyl (C=O) groups excluding carboxylic acids is 2. The first-order chi connectivity index (χ1) is 14.9. The summed E-state index contributed by atoms with van der Waals surface area (Å²) in [5.74, 6) is -0.479. The first kappa shape index (κ1) is 25.6. The quantitative estimate of drug-likeness (QED) is 0.276. The van der Waals surface area contributed by atoms with Crippen LogP contribution in [-0.2, 0) is 29.8 Å². The minimum absolute atomic E-state index is 0.00209. The molecule has 1 N–H and O–H groups in total. The van der Waals surface area contributed by atoms with E-state index in [1.165, 1.54) is 26.4 Å². The number of hydrogen-bond acceptors (Lipinski definition) is 5. The fourth-order valence-electron chi connectivity index (χ4n) is 4.15. The lowest BCUT2D eigenvalue weighted by Crippen LogP contribution is -2.38. The van der Waals surface area contributed by atoms with E-state index in [4.69, 9.17) is 9.26 Å². The van der Waals surface area contributed by atoms with Crippen molar-refractivity contribution in [3.8, 4) is 0 Å². The van der Waals surface area contributed by atoms with Gasteiger partial charge >= 0.3 is 5.97 Å². The molecule has 0 radical (unpaired) electrons. The summed E-state index contributed by atoms with van der Waals surface area (Å²) in [6, 6.07) is 9.87. The monoisotopic (exact) mass is 451 g/mol. The summed E-state index contributed by atoms with van der Waals surface area (Å²) >= 11 is 0. The van der Waals surface area contributed by atoms with E-state index in [1.54, 1.807) is 0 Å². The van der Waals surface area contributed by atoms with Gasteiger partial charge < -0.3 is 14.6 Å². The van der Waals surface area contributed by atoms with Crippen LogP contribution >= 0.6 is 8.03 Å². The first-order valence-corrected chi connectivity index (χ1v) is 13.0. The third-order valence-corrected chi connectivity index (χ3v) is 7.37. The average molecular weight is 452 g/mol. The number of carbonyl (C=O) groups is 2. The summed E-state index contributed by atoms with van der Waals surface area (Å²) in [6.45, 7) is 3.81. The van der Waals surface area contributed by atoms with Gasteiger partial charge in [0.1, 0.15) is 6.23 Å². The Morgan fingerprint density at radius 1 is 1.13 bits per heavy atom. The molecular formula is C24H38NO5P. The lowest BCUT2D eigenvalue weighted by atomic mass is 9.86. The second kappa shape index (κ2) is 13.7. The molecule has 31 heavy (non-hydrogen) atoms. The van der Waals surface area contributed by atoms with Crippen LogP contribution in [0.25, 0.3) is 0 Å². The van der Waals surface area contributed by atoms with Gasteiger partial charge in [-0.3, -0.25) is 14.2 Å². The molecule has 0 heterocycles. The van der Waals surface area contributed by atoms with E-state index < -0.39 is 20.2 Å². The Balaban J connectivity index is 1.95. The lowest BCUT2D eigenvalue weighted by molar-refractivity contribution is -0.146. The topological polar surface area (TPSA) is 81.7 Å². The van der Waals surface area contributed by atoms with Gasteiger partial charge in [0.2, 0.25) is 5.91 Å². The molecule has 3 atom stereocenters. The third kappa shape index (κ3) is 9.57. The van der Waals surface area contributed by atoms with Gasteiger partial charge in [-0.15, -0.1) is 0 Å². The molecule has 6 nitrogen and oxygen atoms in total. The molecule has 1 saturated carbocycles. The van der Waals surface area contributed by atoms with E-state index in [0.717, 1.165) is 18.4 Å². The Kier molecular flexibility index (Phi) is 11.3. The van der Waals surface area contributed by atoms with Crippen LogP contribution in [0.4, 0.5) is 0 Å². The smallest absolute Gasteiger partial charge is 0.309 e. The number of esters is 1. The summed E-state index contributed by atoms with van der Waals surface area (Å²) in [5.41, 5.74) is 1.11. The maximum Gasteiger partial charge on any atom is 0.309 e. The maximum atomic E-state index is 12.8. The molecule has 0 bridgehead atoms. The zero-order chi connectivity index (χ0) is 22.6. The molecule has 0 aromatic heterocycles. The summed E-state index contributed by atoms with van der Waals surface area (Å²) in [6.07, 6.45) is 7.06. The lowest BCUT2D eigenvalue weighted by Gasteiger charge is -2.27. The highest BCUT2D eigenvalue weighted by Crippen LogP contribution is 2.34. The molecule has 1 aromatic carbocycles. The first-order valence-electron chi connectivity index (χ1n) is 11.5. The van der Waals surface area contributed by atoms with Crippen molar-refractivity contribution in [1.29, 1.82) is 0 Å². The van der Waals surface area contributed by atoms with E-state index >= 15 is 0 Å². The van der Waals surface area contributed by atoms with Crippen LogP contribution in [0.15, 0.2) is 30.3 Å². The second-order valence-electron chi connectivity index (χ2n) is 8.85. The van der Waals surface area contributed by atoms with Crippen LogP contribution in [0.1, 0.15) is 64.4 Å². The van der Waals surface area contributed by atoms with Gasteiger partial charge in [0.25, 0.3) is 0 Å². The predicted molar refractivity (Wildman–Crippen MR) is 123 cm³/mol. The van der Waals surface area contributed by atoms with Crippen LogP contribution in [0.5, 0.6) is 0 Å². The molecule has 3 unspecified atom stereocenters. The molecule has 2 rings (SSSR count). The normalized spacial score (nSPS) is 17.7. The van der Waals surface area contributed by atoms with Crippen LogP contribution < -0.4 is 5.32 Å². The standard InChI is InChI=1S/C24H38NO5P/c1-18(2)21(24(27)29-3)17-31(28)30-23(16-20-12-8-5-9-13-20)25-22(26)15-14-19-10-6-4-7-11-19/h4,6-7,10-11,18,20-21,23,31H,5,8-9,12-17H2,1-3H3,(H,25,26). The summed E-state index contributed by atoms with van der Waals surface area (Å²) in [7, 11) is -1.17. The number of rotatable bonds is 12. The van der Waals surface area contributed by atoms with Crippen molar-refractivity contribution in [2.24, 2.45) is 17.8 Å². The van der Waals surface area contributed by atoms with Crippen LogP contribution in [0, 0.1) is 17.8 Å². The van der Waals surface area contributed by atoms with Crippen molar-refractivity contribution in [2.75, 3.05) is 13.3 Å². The predicted octanol–water partition coefficient (Wildman–Crippen LogP) is 4.97. The van der Waals surface area contributed by atoms with E-state index in [2.05, 4.69) is 5.32 Å². The Bertz CT molecular complexity index is 703. The SMILES string of the molecule is COC(=O)C(C[PH](=O)OC(CC1CCCCC1)NC(=O)CCc1ccccc1)C(C)C. The van der Waals surface area contributed by atoms with Crippen LogP contribution in [-0.4, -0.2) is 31.4 Å². The fraction of sp³-hybridized carbons (Fsp3) is 0.667. The van der Waals surface area contributed by atoms with Crippen molar-refractivity contribution in [2.45, 2.75) is 71.4 Å². The summed E-state index contributed by atoms with van der Waals surface area (Å²) in [5, 5.41) is 2.96. The maximum absolute atomic E-state index is 12.8. The number of methoxy groups -OCH3 is 1. The largest absolute Gasteiger partial charge is 0.469 e. The van der Waals surface area contributed by atoms with Gasteiger partial charge in [0, 0.05) is 12.6 Å². The number of aryl methyl sites for hydroxylation is 1. The molecule has 1 amide bonds. The molecule has 7 heteroatoms. The van der Waals surface area contributed by atoms with Crippen molar-refractivity contribution in [3.05, 3.63) is 35.9 Å². The highest BCUT2D eigenvalue weighted by molar-refractivity contribution is 7.39. The molecular weight excluding hydrogens is 413 g/mol. The van der Waals surface area contributed by atoms with E-state index in [0.29, 0.717) is 25.2 Å². The number of benzene rings is 1. The summed E-state index contributed by atoms with van der Waals surface area (Å²) < 4.78 is 23.5. The number of amides is 1. The van der Waals surface area contributed by atoms with Crippen molar-refractivity contribution in [3.63, 3.8) is 0 Å². The molecule has 1 aromatic rings. The van der Waals surface area contributed by atoms with Gasteiger partial charge in [-0.2, -0.15) is 0 Å². The van der Waals surface area contributed by atoms with Gasteiger partial charge in [0.15, 0.2) is 8.03 Å². The minimum Gasteiger partial charge on any atom is -0.469 e. The summed E-state index contributed by atoms with van der Waals surface area (Å²) in [4.78, 5) is 24.6. The Morgan fingerprint density at radius 2 is 1.81 bits per heavy atom. The molecule has 1 aliphatic rings. The van der Waals surface area contributed by atoms with Crippen LogP contribution in [0.2, 0.25) is 0 Å². The van der Waals surface area contributed by atoms with Crippen molar-refractivity contribution < 1.29 is 23.4 Å². The van der Waals surface area contributed by atoms with Crippen LogP contribution in [0.3, 0.4) is 0 Å². The third-order valence-electron chi connectivity index (χ3n) is 6.05. The van der Waals surface area contributed by atoms with Gasteiger partial charge in [-0.1, -0.05) is 76.3 Å². The van der Waals surface area contributed by atoms with Gasteiger partial charge in [-0.05, 0) is 30.2 Å².